The highest BCUT2D eigenvalue weighted by Crippen LogP contribution is 2.18. The SMILES string of the molecule is CCCN(CCNC(=NC)NC1CCN(c2cccc(C)n2)CC1)C(=O)OC(C)(C)C.I. The molecule has 0 spiro atoms. The molecule has 1 aliphatic heterocycles. The van der Waals surface area contributed by atoms with Crippen LogP contribution in [-0.2, 0) is 4.74 Å². The number of aliphatic imine (C=N–C) groups is 1. The first-order valence-electron chi connectivity index (χ1n) is 11.4. The Balaban J connectivity index is 0.00000512. The molecule has 2 heterocycles. The molecule has 0 bridgehead atoms. The van der Waals surface area contributed by atoms with E-state index in [0.29, 0.717) is 25.7 Å². The van der Waals surface area contributed by atoms with Crippen molar-refractivity contribution in [2.75, 3.05) is 44.7 Å². The second kappa shape index (κ2) is 13.7. The first-order chi connectivity index (χ1) is 14.7. The molecule has 0 unspecified atom stereocenters. The van der Waals surface area contributed by atoms with Crippen molar-refractivity contribution in [2.24, 2.45) is 4.99 Å². The zero-order chi connectivity index (χ0) is 22.9. The lowest BCUT2D eigenvalue weighted by Crippen LogP contribution is -2.50. The predicted octanol–water partition coefficient (Wildman–Crippen LogP) is 3.79. The minimum atomic E-state index is -0.489. The molecule has 0 aromatic carbocycles. The van der Waals surface area contributed by atoms with E-state index in [1.165, 1.54) is 0 Å². The van der Waals surface area contributed by atoms with Crippen molar-refractivity contribution in [3.05, 3.63) is 23.9 Å². The molecule has 1 saturated heterocycles. The number of halogens is 1. The van der Waals surface area contributed by atoms with Gasteiger partial charge in [-0.25, -0.2) is 9.78 Å². The van der Waals surface area contributed by atoms with E-state index < -0.39 is 5.60 Å². The standard InChI is InChI=1S/C23H40N6O2.HI/c1-7-14-29(22(30)31-23(3,4)5)17-13-25-21(24-6)27-19-11-15-28(16-12-19)20-10-8-9-18(2)26-20;/h8-10,19H,7,11-17H2,1-6H3,(H2,24,25,27);1H. The number of aryl methyl sites for hydroxylation is 1. The largest absolute Gasteiger partial charge is 0.444 e. The van der Waals surface area contributed by atoms with Crippen LogP contribution in [0.3, 0.4) is 0 Å². The smallest absolute Gasteiger partial charge is 0.410 e. The minimum Gasteiger partial charge on any atom is -0.444 e. The van der Waals surface area contributed by atoms with Crippen LogP contribution in [0.2, 0.25) is 0 Å². The molecule has 0 atom stereocenters. The quantitative estimate of drug-likeness (QED) is 0.300. The number of rotatable bonds is 7. The van der Waals surface area contributed by atoms with Gasteiger partial charge in [0.05, 0.1) is 0 Å². The molecule has 182 valence electrons. The van der Waals surface area contributed by atoms with Crippen molar-refractivity contribution >= 4 is 41.8 Å². The number of nitrogens with zero attached hydrogens (tertiary/aromatic N) is 4. The third-order valence-corrected chi connectivity index (χ3v) is 5.08. The molecule has 1 aliphatic rings. The number of guanidine groups is 1. The second-order valence-corrected chi connectivity index (χ2v) is 9.01. The number of pyridine rings is 1. The molecular weight excluding hydrogens is 519 g/mol. The lowest BCUT2D eigenvalue weighted by molar-refractivity contribution is 0.0253. The first kappa shape index (κ1) is 28.3. The van der Waals surface area contributed by atoms with Crippen LogP contribution in [0.4, 0.5) is 10.6 Å². The van der Waals surface area contributed by atoms with E-state index in [9.17, 15) is 4.79 Å². The third kappa shape index (κ3) is 9.79. The average Bonchev–Trinajstić information content (AvgIpc) is 2.71. The summed E-state index contributed by atoms with van der Waals surface area (Å²) in [6.07, 6.45) is 2.67. The first-order valence-corrected chi connectivity index (χ1v) is 11.4. The number of hydrogen-bond donors (Lipinski definition) is 2. The van der Waals surface area contributed by atoms with Crippen molar-refractivity contribution in [2.45, 2.75) is 65.5 Å². The van der Waals surface area contributed by atoms with Crippen molar-refractivity contribution in [1.29, 1.82) is 0 Å². The van der Waals surface area contributed by atoms with Crippen molar-refractivity contribution in [3.63, 3.8) is 0 Å². The molecule has 1 aromatic rings. The monoisotopic (exact) mass is 560 g/mol. The van der Waals surface area contributed by atoms with E-state index in [0.717, 1.165) is 49.8 Å². The maximum atomic E-state index is 12.4. The zero-order valence-corrected chi connectivity index (χ0v) is 22.8. The highest BCUT2D eigenvalue weighted by molar-refractivity contribution is 14.0. The number of hydrogen-bond acceptors (Lipinski definition) is 5. The van der Waals surface area contributed by atoms with Crippen molar-refractivity contribution < 1.29 is 9.53 Å². The van der Waals surface area contributed by atoms with Crippen LogP contribution in [0.15, 0.2) is 23.2 Å². The van der Waals surface area contributed by atoms with Gasteiger partial charge < -0.3 is 25.2 Å². The van der Waals surface area contributed by atoms with Crippen LogP contribution in [-0.4, -0.2) is 73.4 Å². The van der Waals surface area contributed by atoms with Crippen LogP contribution in [0, 0.1) is 6.92 Å². The third-order valence-electron chi connectivity index (χ3n) is 5.08. The number of nitrogens with one attached hydrogen (secondary N) is 2. The molecule has 9 heteroatoms. The molecular formula is C23H41IN6O2. The Hall–Kier alpha value is -1.78. The molecule has 8 nitrogen and oxygen atoms in total. The summed E-state index contributed by atoms with van der Waals surface area (Å²) < 4.78 is 5.52. The van der Waals surface area contributed by atoms with Gasteiger partial charge >= 0.3 is 6.09 Å². The number of amides is 1. The molecule has 0 saturated carbocycles. The van der Waals surface area contributed by atoms with Gasteiger partial charge in [0.15, 0.2) is 5.96 Å². The topological polar surface area (TPSA) is 82.1 Å². The summed E-state index contributed by atoms with van der Waals surface area (Å²) >= 11 is 0. The summed E-state index contributed by atoms with van der Waals surface area (Å²) in [6.45, 7) is 13.5. The summed E-state index contributed by atoms with van der Waals surface area (Å²) in [4.78, 5) is 25.5. The van der Waals surface area contributed by atoms with Crippen LogP contribution < -0.4 is 15.5 Å². The maximum absolute atomic E-state index is 12.4. The molecule has 2 N–H and O–H groups in total. The highest BCUT2D eigenvalue weighted by atomic mass is 127. The molecule has 2 rings (SSSR count). The van der Waals surface area contributed by atoms with Gasteiger partial charge in [0, 0.05) is 51.5 Å². The Morgan fingerprint density at radius 3 is 2.53 bits per heavy atom. The summed E-state index contributed by atoms with van der Waals surface area (Å²) in [5.74, 6) is 1.83. The van der Waals surface area contributed by atoms with E-state index in [4.69, 9.17) is 4.74 Å². The highest BCUT2D eigenvalue weighted by Gasteiger charge is 2.23. The summed E-state index contributed by atoms with van der Waals surface area (Å²) in [5.41, 5.74) is 0.558. The minimum absolute atomic E-state index is 0. The van der Waals surface area contributed by atoms with Gasteiger partial charge in [0.2, 0.25) is 0 Å². The van der Waals surface area contributed by atoms with E-state index in [2.05, 4.69) is 44.6 Å². The molecule has 1 amide bonds. The Kier molecular flexibility index (Phi) is 12.1. The lowest BCUT2D eigenvalue weighted by Gasteiger charge is -2.34. The molecule has 0 radical (unpaired) electrons. The van der Waals surface area contributed by atoms with E-state index >= 15 is 0 Å². The summed E-state index contributed by atoms with van der Waals surface area (Å²) in [7, 11) is 1.78. The van der Waals surface area contributed by atoms with Crippen LogP contribution in [0.1, 0.15) is 52.7 Å². The fourth-order valence-electron chi connectivity index (χ4n) is 3.55. The number of aromatic nitrogens is 1. The summed E-state index contributed by atoms with van der Waals surface area (Å²) in [6, 6.07) is 6.53. The zero-order valence-electron chi connectivity index (χ0n) is 20.5. The Bertz CT molecular complexity index is 729. The van der Waals surface area contributed by atoms with Gasteiger partial charge in [-0.3, -0.25) is 4.99 Å². The molecule has 0 aliphatic carbocycles. The second-order valence-electron chi connectivity index (χ2n) is 9.01. The number of anilines is 1. The molecule has 1 fully saturated rings. The molecule has 32 heavy (non-hydrogen) atoms. The van der Waals surface area contributed by atoms with Crippen LogP contribution in [0.5, 0.6) is 0 Å². The number of ether oxygens (including phenoxy) is 1. The maximum Gasteiger partial charge on any atom is 0.410 e. The normalized spacial score (nSPS) is 15.1. The van der Waals surface area contributed by atoms with Gasteiger partial charge in [-0.1, -0.05) is 13.0 Å². The number of piperidine rings is 1. The Morgan fingerprint density at radius 1 is 1.28 bits per heavy atom. The van der Waals surface area contributed by atoms with Gasteiger partial charge in [-0.05, 0) is 59.1 Å². The van der Waals surface area contributed by atoms with Gasteiger partial charge in [-0.15, -0.1) is 24.0 Å². The number of carbonyl (C=O) groups excluding carboxylic acids is 1. The van der Waals surface area contributed by atoms with E-state index in [1.54, 1.807) is 11.9 Å². The Morgan fingerprint density at radius 2 is 1.97 bits per heavy atom. The van der Waals surface area contributed by atoms with E-state index in [1.807, 2.05) is 33.8 Å². The van der Waals surface area contributed by atoms with Gasteiger partial charge in [0.25, 0.3) is 0 Å². The number of carbonyl (C=O) groups is 1. The van der Waals surface area contributed by atoms with Crippen molar-refractivity contribution in [3.8, 4) is 0 Å². The lowest BCUT2D eigenvalue weighted by atomic mass is 10.1. The fraction of sp³-hybridized carbons (Fsp3) is 0.696. The van der Waals surface area contributed by atoms with Crippen LogP contribution in [0.25, 0.3) is 0 Å². The molecule has 1 aromatic heterocycles. The van der Waals surface area contributed by atoms with Crippen molar-refractivity contribution in [1.82, 2.24) is 20.5 Å². The van der Waals surface area contributed by atoms with Gasteiger partial charge in [0.1, 0.15) is 11.4 Å². The van der Waals surface area contributed by atoms with Gasteiger partial charge in [-0.2, -0.15) is 0 Å². The average molecular weight is 561 g/mol. The predicted molar refractivity (Wildman–Crippen MR) is 142 cm³/mol. The summed E-state index contributed by atoms with van der Waals surface area (Å²) in [5, 5.41) is 6.86. The van der Waals surface area contributed by atoms with E-state index in [-0.39, 0.29) is 30.1 Å². The van der Waals surface area contributed by atoms with Crippen LogP contribution >= 0.6 is 24.0 Å². The Labute approximate surface area is 210 Å². The fourth-order valence-corrected chi connectivity index (χ4v) is 3.55.